The quantitative estimate of drug-likeness (QED) is 0.862. The summed E-state index contributed by atoms with van der Waals surface area (Å²) in [5.41, 5.74) is 1.32. The van der Waals surface area contributed by atoms with E-state index in [4.69, 9.17) is 0 Å². The maximum absolute atomic E-state index is 13.0. The number of benzene rings is 1. The minimum absolute atomic E-state index is 0.132. The van der Waals surface area contributed by atoms with E-state index in [9.17, 15) is 18.7 Å². The molecule has 0 aliphatic rings. The van der Waals surface area contributed by atoms with Crippen molar-refractivity contribution in [2.75, 3.05) is 6.54 Å². The first-order valence-corrected chi connectivity index (χ1v) is 7.41. The first kappa shape index (κ1) is 15.6. The van der Waals surface area contributed by atoms with Gasteiger partial charge in [-0.3, -0.25) is 4.79 Å². The van der Waals surface area contributed by atoms with E-state index in [1.807, 2.05) is 10.8 Å². The van der Waals surface area contributed by atoms with E-state index in [0.717, 1.165) is 17.7 Å². The van der Waals surface area contributed by atoms with Crippen molar-refractivity contribution in [3.05, 3.63) is 57.8 Å². The Bertz CT molecular complexity index is 602. The van der Waals surface area contributed by atoms with Crippen molar-refractivity contribution in [3.63, 3.8) is 0 Å². The van der Waals surface area contributed by atoms with Gasteiger partial charge in [0.25, 0.3) is 0 Å². The number of amides is 1. The molecule has 0 bridgehead atoms. The third-order valence-electron chi connectivity index (χ3n) is 3.05. The fraction of sp³-hybridized carbons (Fsp3) is 0.267. The number of halogens is 2. The Hall–Kier alpha value is -1.79. The van der Waals surface area contributed by atoms with E-state index in [1.165, 1.54) is 17.4 Å². The molecule has 21 heavy (non-hydrogen) atoms. The van der Waals surface area contributed by atoms with Crippen LogP contribution < -0.4 is 5.32 Å². The molecule has 2 N–H and O–H groups in total. The fourth-order valence-corrected chi connectivity index (χ4v) is 2.54. The number of hydrogen-bond donors (Lipinski definition) is 2. The zero-order valence-electron chi connectivity index (χ0n) is 11.2. The fourth-order valence-electron chi connectivity index (χ4n) is 1.83. The maximum atomic E-state index is 13.0. The lowest BCUT2D eigenvalue weighted by Crippen LogP contribution is -2.28. The highest BCUT2D eigenvalue weighted by molar-refractivity contribution is 7.07. The van der Waals surface area contributed by atoms with E-state index >= 15 is 0 Å². The zero-order chi connectivity index (χ0) is 15.2. The van der Waals surface area contributed by atoms with Crippen LogP contribution in [0.4, 0.5) is 8.78 Å². The van der Waals surface area contributed by atoms with Crippen molar-refractivity contribution in [2.24, 2.45) is 0 Å². The van der Waals surface area contributed by atoms with Crippen molar-refractivity contribution in [1.82, 2.24) is 5.32 Å². The van der Waals surface area contributed by atoms with Crippen LogP contribution in [-0.2, 0) is 11.2 Å². The molecule has 0 aliphatic carbocycles. The molecular formula is C15H15F2NO2S. The van der Waals surface area contributed by atoms with Crippen molar-refractivity contribution in [2.45, 2.75) is 18.9 Å². The number of aliphatic hydroxyl groups is 1. The Kier molecular flexibility index (Phi) is 5.41. The van der Waals surface area contributed by atoms with Gasteiger partial charge in [-0.1, -0.05) is 6.07 Å². The van der Waals surface area contributed by atoms with Gasteiger partial charge < -0.3 is 10.4 Å². The van der Waals surface area contributed by atoms with Crippen LogP contribution in [0.15, 0.2) is 35.0 Å². The van der Waals surface area contributed by atoms with Crippen molar-refractivity contribution < 1.29 is 18.7 Å². The van der Waals surface area contributed by atoms with Gasteiger partial charge >= 0.3 is 0 Å². The molecule has 0 fully saturated rings. The molecule has 112 valence electrons. The molecular weight excluding hydrogens is 296 g/mol. The Labute approximate surface area is 125 Å². The molecule has 1 heterocycles. The van der Waals surface area contributed by atoms with Crippen LogP contribution in [0.5, 0.6) is 0 Å². The molecule has 2 rings (SSSR count). The molecule has 0 saturated heterocycles. The lowest BCUT2D eigenvalue weighted by molar-refractivity contribution is -0.121. The van der Waals surface area contributed by atoms with E-state index in [1.54, 1.807) is 6.07 Å². The second kappa shape index (κ2) is 7.28. The molecule has 1 unspecified atom stereocenters. The zero-order valence-corrected chi connectivity index (χ0v) is 12.0. The minimum Gasteiger partial charge on any atom is -0.387 e. The van der Waals surface area contributed by atoms with Crippen LogP contribution in [0.25, 0.3) is 0 Å². The van der Waals surface area contributed by atoms with Crippen molar-refractivity contribution >= 4 is 17.2 Å². The Morgan fingerprint density at radius 2 is 2.10 bits per heavy atom. The number of aryl methyl sites for hydroxylation is 1. The lowest BCUT2D eigenvalue weighted by atomic mass is 10.1. The summed E-state index contributed by atoms with van der Waals surface area (Å²) in [6.07, 6.45) is -0.262. The van der Waals surface area contributed by atoms with E-state index in [-0.39, 0.29) is 18.9 Å². The van der Waals surface area contributed by atoms with Gasteiger partial charge in [0.1, 0.15) is 0 Å². The van der Waals surface area contributed by atoms with Crippen LogP contribution in [-0.4, -0.2) is 17.6 Å². The number of aliphatic hydroxyl groups excluding tert-OH is 1. The van der Waals surface area contributed by atoms with Crippen molar-refractivity contribution in [3.8, 4) is 0 Å². The summed E-state index contributed by atoms with van der Waals surface area (Å²) < 4.78 is 25.8. The summed E-state index contributed by atoms with van der Waals surface area (Å²) in [5, 5.41) is 16.1. The molecule has 1 amide bonds. The van der Waals surface area contributed by atoms with Gasteiger partial charge in [-0.05, 0) is 46.5 Å². The predicted octanol–water partition coefficient (Wildman–Crippen LogP) is 2.81. The average molecular weight is 311 g/mol. The summed E-state index contributed by atoms with van der Waals surface area (Å²) in [7, 11) is 0. The van der Waals surface area contributed by atoms with Gasteiger partial charge in [-0.15, -0.1) is 0 Å². The summed E-state index contributed by atoms with van der Waals surface area (Å²) in [6, 6.07) is 5.38. The smallest absolute Gasteiger partial charge is 0.220 e. The van der Waals surface area contributed by atoms with E-state index in [2.05, 4.69) is 5.32 Å². The molecule has 0 saturated carbocycles. The molecule has 0 radical (unpaired) electrons. The number of carbonyl (C=O) groups excluding carboxylic acids is 1. The maximum Gasteiger partial charge on any atom is 0.220 e. The van der Waals surface area contributed by atoms with Crippen LogP contribution in [0.3, 0.4) is 0 Å². The highest BCUT2D eigenvalue weighted by Gasteiger charge is 2.10. The first-order chi connectivity index (χ1) is 10.1. The number of carbonyl (C=O) groups is 1. The summed E-state index contributed by atoms with van der Waals surface area (Å²) in [6.45, 7) is 0.132. The second-order valence-electron chi connectivity index (χ2n) is 4.63. The Morgan fingerprint density at radius 3 is 2.76 bits per heavy atom. The number of nitrogens with one attached hydrogen (secondary N) is 1. The number of thiophene rings is 1. The third-order valence-corrected chi connectivity index (χ3v) is 3.75. The molecule has 6 heteroatoms. The molecule has 3 nitrogen and oxygen atoms in total. The number of rotatable bonds is 6. The largest absolute Gasteiger partial charge is 0.387 e. The molecule has 1 atom stereocenters. The van der Waals surface area contributed by atoms with Crippen LogP contribution in [0, 0.1) is 11.6 Å². The van der Waals surface area contributed by atoms with E-state index in [0.29, 0.717) is 12.0 Å². The Balaban J connectivity index is 1.75. The SMILES string of the molecule is O=C(CCc1ccc(F)c(F)c1)NCC(O)c1ccsc1. The topological polar surface area (TPSA) is 49.3 Å². The van der Waals surface area contributed by atoms with Gasteiger partial charge in [0.2, 0.25) is 5.91 Å². The third kappa shape index (κ3) is 4.61. The normalized spacial score (nSPS) is 12.1. The van der Waals surface area contributed by atoms with Crippen LogP contribution >= 0.6 is 11.3 Å². The van der Waals surface area contributed by atoms with Gasteiger partial charge in [-0.2, -0.15) is 11.3 Å². The Morgan fingerprint density at radius 1 is 1.29 bits per heavy atom. The van der Waals surface area contributed by atoms with Gasteiger partial charge in [0.05, 0.1) is 6.10 Å². The van der Waals surface area contributed by atoms with Gasteiger partial charge in [0.15, 0.2) is 11.6 Å². The number of hydrogen-bond acceptors (Lipinski definition) is 3. The molecule has 2 aromatic rings. The highest BCUT2D eigenvalue weighted by Crippen LogP contribution is 2.15. The molecule has 0 spiro atoms. The predicted molar refractivity (Wildman–Crippen MR) is 77.0 cm³/mol. The van der Waals surface area contributed by atoms with Crippen LogP contribution in [0.2, 0.25) is 0 Å². The summed E-state index contributed by atoms with van der Waals surface area (Å²) >= 11 is 1.47. The molecule has 1 aromatic heterocycles. The van der Waals surface area contributed by atoms with Gasteiger partial charge in [0, 0.05) is 13.0 Å². The van der Waals surface area contributed by atoms with Crippen LogP contribution in [0.1, 0.15) is 23.7 Å². The lowest BCUT2D eigenvalue weighted by Gasteiger charge is -2.10. The molecule has 0 aliphatic heterocycles. The van der Waals surface area contributed by atoms with Gasteiger partial charge in [-0.25, -0.2) is 8.78 Å². The van der Waals surface area contributed by atoms with E-state index < -0.39 is 17.7 Å². The summed E-state index contributed by atoms with van der Waals surface area (Å²) in [5.74, 6) is -2.06. The van der Waals surface area contributed by atoms with Crippen molar-refractivity contribution in [1.29, 1.82) is 0 Å². The second-order valence-corrected chi connectivity index (χ2v) is 5.41. The summed E-state index contributed by atoms with van der Waals surface area (Å²) in [4.78, 5) is 11.7. The highest BCUT2D eigenvalue weighted by atomic mass is 32.1. The first-order valence-electron chi connectivity index (χ1n) is 6.47. The average Bonchev–Trinajstić information content (AvgIpc) is 3.00. The monoisotopic (exact) mass is 311 g/mol. The molecule has 1 aromatic carbocycles. The minimum atomic E-state index is -0.916. The standard InChI is InChI=1S/C15H15F2NO2S/c16-12-3-1-10(7-13(12)17)2-4-15(20)18-8-14(19)11-5-6-21-9-11/h1,3,5-7,9,14,19H,2,4,8H2,(H,18,20).